The lowest BCUT2D eigenvalue weighted by molar-refractivity contribution is 0.410. The van der Waals surface area contributed by atoms with Gasteiger partial charge in [-0.05, 0) is 50.7 Å². The highest BCUT2D eigenvalue weighted by molar-refractivity contribution is 6.00. The zero-order valence-corrected chi connectivity index (χ0v) is 19.5. The van der Waals surface area contributed by atoms with Crippen LogP contribution in [-0.4, -0.2) is 64.8 Å². The molecule has 0 radical (unpaired) electrons. The molecule has 0 bridgehead atoms. The SMILES string of the molecule is COc1cccc(-c2c3c(nn2C)CCc2cnc(NC(=N)/C=C\NCCN(C)C)nc2-3)c1. The van der Waals surface area contributed by atoms with Crippen LogP contribution in [0.3, 0.4) is 0 Å². The third kappa shape index (κ3) is 5.04. The number of benzene rings is 1. The van der Waals surface area contributed by atoms with Gasteiger partial charge in [-0.1, -0.05) is 12.1 Å². The average molecular weight is 447 g/mol. The summed E-state index contributed by atoms with van der Waals surface area (Å²) >= 11 is 0. The van der Waals surface area contributed by atoms with Crippen molar-refractivity contribution in [2.75, 3.05) is 39.6 Å². The molecule has 33 heavy (non-hydrogen) atoms. The number of anilines is 1. The topological polar surface area (TPSA) is 104 Å². The van der Waals surface area contributed by atoms with Crippen LogP contribution in [-0.2, 0) is 19.9 Å². The first-order valence-electron chi connectivity index (χ1n) is 10.9. The highest BCUT2D eigenvalue weighted by Gasteiger charge is 2.27. The van der Waals surface area contributed by atoms with Gasteiger partial charge in [0, 0.05) is 43.7 Å². The minimum absolute atomic E-state index is 0.211. The molecule has 0 spiro atoms. The van der Waals surface area contributed by atoms with Crippen molar-refractivity contribution in [3.8, 4) is 28.3 Å². The summed E-state index contributed by atoms with van der Waals surface area (Å²) in [5.74, 6) is 1.40. The molecule has 2 heterocycles. The van der Waals surface area contributed by atoms with Gasteiger partial charge in [0.05, 0.1) is 24.2 Å². The zero-order chi connectivity index (χ0) is 23.4. The summed E-state index contributed by atoms with van der Waals surface area (Å²) < 4.78 is 7.34. The van der Waals surface area contributed by atoms with E-state index in [0.29, 0.717) is 5.95 Å². The number of amidine groups is 1. The van der Waals surface area contributed by atoms with E-state index in [0.717, 1.165) is 65.5 Å². The highest BCUT2D eigenvalue weighted by Crippen LogP contribution is 2.40. The molecule has 2 aromatic heterocycles. The van der Waals surface area contributed by atoms with Crippen LogP contribution in [0.4, 0.5) is 5.95 Å². The maximum atomic E-state index is 8.20. The summed E-state index contributed by atoms with van der Waals surface area (Å²) in [4.78, 5) is 11.3. The lowest BCUT2D eigenvalue weighted by atomic mass is 9.91. The summed E-state index contributed by atoms with van der Waals surface area (Å²) in [6.07, 6.45) is 6.95. The molecule has 9 heteroatoms. The van der Waals surface area contributed by atoms with E-state index in [-0.39, 0.29) is 5.84 Å². The Balaban J connectivity index is 1.60. The number of methoxy groups -OCH3 is 1. The van der Waals surface area contributed by atoms with E-state index in [1.54, 1.807) is 19.4 Å². The van der Waals surface area contributed by atoms with Crippen LogP contribution in [0, 0.1) is 5.41 Å². The van der Waals surface area contributed by atoms with Crippen LogP contribution in [0.5, 0.6) is 5.75 Å². The molecule has 0 saturated heterocycles. The Morgan fingerprint density at radius 2 is 2.15 bits per heavy atom. The van der Waals surface area contributed by atoms with Gasteiger partial charge in [-0.25, -0.2) is 9.97 Å². The first-order chi connectivity index (χ1) is 16.0. The monoisotopic (exact) mass is 446 g/mol. The Morgan fingerprint density at radius 3 is 2.94 bits per heavy atom. The number of fused-ring (bicyclic) bond motifs is 3. The van der Waals surface area contributed by atoms with Gasteiger partial charge in [0.15, 0.2) is 0 Å². The molecule has 0 aliphatic heterocycles. The predicted octanol–water partition coefficient (Wildman–Crippen LogP) is 2.71. The number of aryl methyl sites for hydroxylation is 3. The lowest BCUT2D eigenvalue weighted by Crippen LogP contribution is -2.23. The van der Waals surface area contributed by atoms with E-state index < -0.39 is 0 Å². The number of aromatic nitrogens is 4. The van der Waals surface area contributed by atoms with Gasteiger partial charge in [0.2, 0.25) is 5.95 Å². The molecule has 0 amide bonds. The van der Waals surface area contributed by atoms with Crippen LogP contribution in [0.1, 0.15) is 11.3 Å². The number of hydrogen-bond acceptors (Lipinski definition) is 7. The van der Waals surface area contributed by atoms with Gasteiger partial charge < -0.3 is 20.3 Å². The second kappa shape index (κ2) is 9.83. The van der Waals surface area contributed by atoms with E-state index in [4.69, 9.17) is 20.2 Å². The van der Waals surface area contributed by atoms with Crippen molar-refractivity contribution in [1.29, 1.82) is 5.41 Å². The van der Waals surface area contributed by atoms with E-state index in [2.05, 4.69) is 26.6 Å². The van der Waals surface area contributed by atoms with Crippen molar-refractivity contribution < 1.29 is 4.74 Å². The van der Waals surface area contributed by atoms with Gasteiger partial charge in [0.25, 0.3) is 0 Å². The van der Waals surface area contributed by atoms with E-state index in [1.807, 2.05) is 50.2 Å². The molecule has 4 rings (SSSR count). The van der Waals surface area contributed by atoms with Crippen LogP contribution in [0.25, 0.3) is 22.5 Å². The normalized spacial score (nSPS) is 12.5. The first kappa shape index (κ1) is 22.5. The molecule has 3 N–H and O–H groups in total. The maximum absolute atomic E-state index is 8.20. The molecule has 172 valence electrons. The molecule has 1 aliphatic rings. The first-order valence-corrected chi connectivity index (χ1v) is 10.9. The molecule has 0 saturated carbocycles. The second-order valence-electron chi connectivity index (χ2n) is 8.22. The van der Waals surface area contributed by atoms with Crippen LogP contribution < -0.4 is 15.4 Å². The smallest absolute Gasteiger partial charge is 0.228 e. The molecule has 0 atom stereocenters. The van der Waals surface area contributed by atoms with Crippen molar-refractivity contribution >= 4 is 11.8 Å². The molecule has 0 fully saturated rings. The summed E-state index contributed by atoms with van der Waals surface area (Å²) in [7, 11) is 7.67. The number of nitrogens with one attached hydrogen (secondary N) is 3. The number of ether oxygens (including phenoxy) is 1. The average Bonchev–Trinajstić information content (AvgIpc) is 3.15. The second-order valence-corrected chi connectivity index (χ2v) is 8.22. The minimum Gasteiger partial charge on any atom is -0.497 e. The zero-order valence-electron chi connectivity index (χ0n) is 19.5. The fourth-order valence-electron chi connectivity index (χ4n) is 3.90. The van der Waals surface area contributed by atoms with Crippen molar-refractivity contribution in [2.45, 2.75) is 12.8 Å². The molecule has 1 aliphatic carbocycles. The van der Waals surface area contributed by atoms with Gasteiger partial charge in [-0.2, -0.15) is 5.10 Å². The van der Waals surface area contributed by atoms with Crippen molar-refractivity contribution in [3.05, 3.63) is 54.0 Å². The number of nitrogens with zero attached hydrogens (tertiary/aromatic N) is 5. The van der Waals surface area contributed by atoms with Crippen LogP contribution in [0.2, 0.25) is 0 Å². The van der Waals surface area contributed by atoms with Crippen LogP contribution in [0.15, 0.2) is 42.7 Å². The van der Waals surface area contributed by atoms with E-state index >= 15 is 0 Å². The van der Waals surface area contributed by atoms with Crippen LogP contribution >= 0.6 is 0 Å². The Labute approximate surface area is 194 Å². The molecule has 1 aromatic carbocycles. The minimum atomic E-state index is 0.211. The highest BCUT2D eigenvalue weighted by atomic mass is 16.5. The molecule has 9 nitrogen and oxygen atoms in total. The van der Waals surface area contributed by atoms with Gasteiger partial charge in [-0.3, -0.25) is 10.1 Å². The summed E-state index contributed by atoms with van der Waals surface area (Å²) in [6, 6.07) is 7.97. The van der Waals surface area contributed by atoms with Crippen molar-refractivity contribution in [2.24, 2.45) is 7.05 Å². The van der Waals surface area contributed by atoms with Gasteiger partial charge in [0.1, 0.15) is 11.6 Å². The quantitative estimate of drug-likeness (QED) is 0.278. The summed E-state index contributed by atoms with van der Waals surface area (Å²) in [5.41, 5.74) is 6.00. The number of rotatable bonds is 8. The number of likely N-dealkylation sites (N-methyl/N-ethyl adjacent to an activating group) is 1. The maximum Gasteiger partial charge on any atom is 0.228 e. The fraction of sp³-hybridized carbons (Fsp3) is 0.333. The molecule has 0 unspecified atom stereocenters. The van der Waals surface area contributed by atoms with E-state index in [1.165, 1.54) is 0 Å². The largest absolute Gasteiger partial charge is 0.497 e. The lowest BCUT2D eigenvalue weighted by Gasteiger charge is -2.17. The van der Waals surface area contributed by atoms with Crippen molar-refractivity contribution in [3.63, 3.8) is 0 Å². The van der Waals surface area contributed by atoms with Gasteiger partial charge >= 0.3 is 0 Å². The van der Waals surface area contributed by atoms with Crippen molar-refractivity contribution in [1.82, 2.24) is 30.0 Å². The van der Waals surface area contributed by atoms with E-state index in [9.17, 15) is 0 Å². The molecular formula is C24H30N8O. The summed E-state index contributed by atoms with van der Waals surface area (Å²) in [6.45, 7) is 1.73. The third-order valence-corrected chi connectivity index (χ3v) is 5.51. The third-order valence-electron chi connectivity index (χ3n) is 5.51. The Bertz CT molecular complexity index is 1180. The molecule has 3 aromatic rings. The summed E-state index contributed by atoms with van der Waals surface area (Å²) in [5, 5.41) is 19.1. The fourth-order valence-corrected chi connectivity index (χ4v) is 3.90. The van der Waals surface area contributed by atoms with Gasteiger partial charge in [-0.15, -0.1) is 0 Å². The number of hydrogen-bond donors (Lipinski definition) is 3. The Hall–Kier alpha value is -3.72. The Morgan fingerprint density at radius 1 is 1.30 bits per heavy atom. The molecular weight excluding hydrogens is 416 g/mol. The standard InChI is InChI=1S/C24H30N8O/c1-31(2)13-12-26-11-10-20(25)28-24-27-15-17-8-9-19-21(22(17)29-24)23(32(3)30-19)16-6-5-7-18(14-16)33-4/h5-7,10-11,14-15,26H,8-9,12-13H2,1-4H3,(H2,25,27,28,29)/b11-10-. The predicted molar refractivity (Wildman–Crippen MR) is 131 cm³/mol. The Kier molecular flexibility index (Phi) is 6.69.